The summed E-state index contributed by atoms with van der Waals surface area (Å²) in [6.07, 6.45) is 10.5. The summed E-state index contributed by atoms with van der Waals surface area (Å²) in [6.45, 7) is 10.3. The van der Waals surface area contributed by atoms with Gasteiger partial charge in [-0.05, 0) is 88.0 Å². The molecule has 0 saturated heterocycles. The van der Waals surface area contributed by atoms with Crippen molar-refractivity contribution in [2.45, 2.75) is 84.8 Å². The van der Waals surface area contributed by atoms with Crippen LogP contribution in [0.2, 0.25) is 0 Å². The third-order valence-electron chi connectivity index (χ3n) is 6.46. The Morgan fingerprint density at radius 1 is 1.05 bits per heavy atom. The number of rotatable bonds is 6. The van der Waals surface area contributed by atoms with Crippen molar-refractivity contribution in [1.29, 1.82) is 0 Å². The van der Waals surface area contributed by atoms with Gasteiger partial charge in [-0.2, -0.15) is 0 Å². The molecular formula is C19H35NO. The fourth-order valence-electron chi connectivity index (χ4n) is 6.99. The Hall–Kier alpha value is -0.0800. The lowest BCUT2D eigenvalue weighted by atomic mass is 9.39. The van der Waals surface area contributed by atoms with Crippen LogP contribution in [0.25, 0.3) is 0 Å². The van der Waals surface area contributed by atoms with E-state index < -0.39 is 0 Å². The fourth-order valence-corrected chi connectivity index (χ4v) is 6.99. The Balaban J connectivity index is 1.72. The highest BCUT2D eigenvalue weighted by Gasteiger charge is 2.60. The average molecular weight is 293 g/mol. The van der Waals surface area contributed by atoms with Crippen LogP contribution in [0.1, 0.15) is 72.6 Å². The summed E-state index contributed by atoms with van der Waals surface area (Å²) in [5.74, 6) is 1.000. The molecule has 4 rings (SSSR count). The van der Waals surface area contributed by atoms with Crippen LogP contribution in [0.15, 0.2) is 0 Å². The molecule has 3 unspecified atom stereocenters. The van der Waals surface area contributed by atoms with E-state index in [1.807, 2.05) is 0 Å². The number of nitrogens with one attached hydrogen (secondary N) is 1. The predicted molar refractivity (Wildman–Crippen MR) is 88.4 cm³/mol. The van der Waals surface area contributed by atoms with E-state index in [9.17, 15) is 0 Å². The first-order chi connectivity index (χ1) is 9.76. The summed E-state index contributed by atoms with van der Waals surface area (Å²) in [7, 11) is 2.11. The van der Waals surface area contributed by atoms with Gasteiger partial charge in [-0.3, -0.25) is 0 Å². The van der Waals surface area contributed by atoms with Crippen LogP contribution in [0.5, 0.6) is 0 Å². The van der Waals surface area contributed by atoms with Gasteiger partial charge in [0.15, 0.2) is 0 Å². The number of likely N-dealkylation sites (N-methyl/N-ethyl adjacent to an activating group) is 1. The first-order valence-corrected chi connectivity index (χ1v) is 9.04. The lowest BCUT2D eigenvalue weighted by Crippen LogP contribution is -2.56. The molecular weight excluding hydrogens is 258 g/mol. The van der Waals surface area contributed by atoms with E-state index in [1.165, 1.54) is 44.9 Å². The first-order valence-electron chi connectivity index (χ1n) is 9.04. The van der Waals surface area contributed by atoms with Crippen LogP contribution in [0, 0.1) is 22.2 Å². The molecule has 4 aliphatic rings. The third-order valence-corrected chi connectivity index (χ3v) is 6.46. The molecule has 1 N–H and O–H groups in total. The molecule has 0 aromatic rings. The van der Waals surface area contributed by atoms with Crippen LogP contribution in [0.4, 0.5) is 0 Å². The summed E-state index contributed by atoms with van der Waals surface area (Å²) in [4.78, 5) is 0. The summed E-state index contributed by atoms with van der Waals surface area (Å²) in [5, 5.41) is 3.53. The predicted octanol–water partition coefficient (Wildman–Crippen LogP) is 4.39. The third kappa shape index (κ3) is 3.17. The summed E-state index contributed by atoms with van der Waals surface area (Å²) in [6, 6.07) is 0.524. The molecule has 4 bridgehead atoms. The van der Waals surface area contributed by atoms with Gasteiger partial charge in [0.25, 0.3) is 0 Å². The molecule has 21 heavy (non-hydrogen) atoms. The van der Waals surface area contributed by atoms with E-state index in [-0.39, 0.29) is 0 Å². The zero-order valence-corrected chi connectivity index (χ0v) is 14.8. The first kappa shape index (κ1) is 15.8. The fraction of sp³-hybridized carbons (Fsp3) is 1.00. The molecule has 0 heterocycles. The zero-order valence-electron chi connectivity index (χ0n) is 14.8. The van der Waals surface area contributed by atoms with Crippen LogP contribution >= 0.6 is 0 Å². The smallest absolute Gasteiger partial charge is 0.0623 e. The summed E-state index contributed by atoms with van der Waals surface area (Å²) in [5.41, 5.74) is 1.85. The van der Waals surface area contributed by atoms with E-state index in [4.69, 9.17) is 4.74 Å². The van der Waals surface area contributed by atoms with Gasteiger partial charge in [0.2, 0.25) is 0 Å². The lowest BCUT2D eigenvalue weighted by molar-refractivity contribution is -0.151. The topological polar surface area (TPSA) is 21.3 Å². The SMILES string of the molecule is CNC(COC(C)C)CC12CC3CC(C)(CC(C)(C3)C1)C2. The highest BCUT2D eigenvalue weighted by molar-refractivity contribution is 5.10. The maximum Gasteiger partial charge on any atom is 0.0623 e. The Morgan fingerprint density at radius 3 is 2.14 bits per heavy atom. The Kier molecular flexibility index (Phi) is 3.94. The highest BCUT2D eigenvalue weighted by Crippen LogP contribution is 2.70. The molecule has 2 heteroatoms. The lowest BCUT2D eigenvalue weighted by Gasteiger charge is -2.66. The van der Waals surface area contributed by atoms with Crippen molar-refractivity contribution in [2.24, 2.45) is 22.2 Å². The van der Waals surface area contributed by atoms with Crippen LogP contribution in [-0.4, -0.2) is 25.8 Å². The van der Waals surface area contributed by atoms with Crippen LogP contribution in [0.3, 0.4) is 0 Å². The van der Waals surface area contributed by atoms with Gasteiger partial charge in [-0.1, -0.05) is 13.8 Å². The van der Waals surface area contributed by atoms with Crippen molar-refractivity contribution in [3.63, 3.8) is 0 Å². The average Bonchev–Trinajstić information content (AvgIpc) is 2.29. The Morgan fingerprint density at radius 2 is 1.67 bits per heavy atom. The molecule has 0 aromatic carbocycles. The van der Waals surface area contributed by atoms with Gasteiger partial charge in [0, 0.05) is 6.04 Å². The van der Waals surface area contributed by atoms with Gasteiger partial charge in [0.1, 0.15) is 0 Å². The molecule has 0 radical (unpaired) electrons. The van der Waals surface area contributed by atoms with Crippen molar-refractivity contribution < 1.29 is 4.74 Å². The van der Waals surface area contributed by atoms with Gasteiger partial charge in [0.05, 0.1) is 12.7 Å². The van der Waals surface area contributed by atoms with Crippen molar-refractivity contribution in [1.82, 2.24) is 5.32 Å². The maximum atomic E-state index is 5.90. The summed E-state index contributed by atoms with van der Waals surface area (Å²) >= 11 is 0. The van der Waals surface area contributed by atoms with Gasteiger partial charge in [-0.25, -0.2) is 0 Å². The minimum Gasteiger partial charge on any atom is -0.377 e. The normalized spacial score (nSPS) is 46.3. The van der Waals surface area contributed by atoms with Gasteiger partial charge < -0.3 is 10.1 Å². The van der Waals surface area contributed by atoms with E-state index in [1.54, 1.807) is 0 Å². The highest BCUT2D eigenvalue weighted by atomic mass is 16.5. The largest absolute Gasteiger partial charge is 0.377 e. The standard InChI is InChI=1S/C19H35NO/c1-14(2)21-10-16(20-5)9-19-8-15-6-17(3,12-19)11-18(4,7-15)13-19/h14-16,20H,6-13H2,1-5H3. The molecule has 4 saturated carbocycles. The molecule has 0 amide bonds. The molecule has 0 aromatic heterocycles. The number of hydrogen-bond acceptors (Lipinski definition) is 2. The summed E-state index contributed by atoms with van der Waals surface area (Å²) < 4.78 is 5.90. The molecule has 4 aliphatic carbocycles. The number of ether oxygens (including phenoxy) is 1. The maximum absolute atomic E-state index is 5.90. The van der Waals surface area contributed by atoms with Crippen molar-refractivity contribution in [2.75, 3.05) is 13.7 Å². The second-order valence-electron chi connectivity index (χ2n) is 9.70. The van der Waals surface area contributed by atoms with E-state index >= 15 is 0 Å². The van der Waals surface area contributed by atoms with E-state index in [2.05, 4.69) is 40.1 Å². The molecule has 0 spiro atoms. The van der Waals surface area contributed by atoms with Crippen molar-refractivity contribution >= 4 is 0 Å². The minimum atomic E-state index is 0.340. The molecule has 2 nitrogen and oxygen atoms in total. The molecule has 0 aliphatic heterocycles. The van der Waals surface area contributed by atoms with Crippen LogP contribution in [-0.2, 0) is 4.74 Å². The number of hydrogen-bond donors (Lipinski definition) is 1. The minimum absolute atomic E-state index is 0.340. The van der Waals surface area contributed by atoms with E-state index in [0.29, 0.717) is 28.4 Å². The second kappa shape index (κ2) is 5.23. The zero-order chi connectivity index (χ0) is 15.3. The Labute approximate surface area is 131 Å². The van der Waals surface area contributed by atoms with E-state index in [0.717, 1.165) is 12.5 Å². The van der Waals surface area contributed by atoms with Gasteiger partial charge in [-0.15, -0.1) is 0 Å². The van der Waals surface area contributed by atoms with Crippen LogP contribution < -0.4 is 5.32 Å². The quantitative estimate of drug-likeness (QED) is 0.784. The molecule has 3 atom stereocenters. The molecule has 4 fully saturated rings. The molecule has 122 valence electrons. The second-order valence-corrected chi connectivity index (χ2v) is 9.70. The monoisotopic (exact) mass is 293 g/mol. The van der Waals surface area contributed by atoms with Crippen molar-refractivity contribution in [3.8, 4) is 0 Å². The Bertz CT molecular complexity index is 373. The van der Waals surface area contributed by atoms with Crippen molar-refractivity contribution in [3.05, 3.63) is 0 Å². The van der Waals surface area contributed by atoms with Gasteiger partial charge >= 0.3 is 0 Å².